The quantitative estimate of drug-likeness (QED) is 0.859. The Balaban J connectivity index is 1.92. The second-order valence-electron chi connectivity index (χ2n) is 4.86. The molecule has 0 aliphatic carbocycles. The number of hydrogen-bond donors (Lipinski definition) is 2. The highest BCUT2D eigenvalue weighted by Gasteiger charge is 2.07. The van der Waals surface area contributed by atoms with E-state index in [4.69, 9.17) is 16.7 Å². The van der Waals surface area contributed by atoms with Crippen LogP contribution in [0, 0.1) is 0 Å². The molecule has 0 bridgehead atoms. The van der Waals surface area contributed by atoms with Crippen molar-refractivity contribution in [3.8, 4) is 0 Å². The summed E-state index contributed by atoms with van der Waals surface area (Å²) in [5.74, 6) is -1.02. The van der Waals surface area contributed by atoms with Crippen LogP contribution in [-0.4, -0.2) is 17.0 Å². The van der Waals surface area contributed by atoms with Gasteiger partial charge in [-0.05, 0) is 35.7 Å². The molecule has 0 atom stereocenters. The van der Waals surface area contributed by atoms with Crippen LogP contribution < -0.4 is 5.32 Å². The van der Waals surface area contributed by atoms with Crippen molar-refractivity contribution < 1.29 is 14.7 Å². The average molecular weight is 318 g/mol. The van der Waals surface area contributed by atoms with Crippen LogP contribution in [0.5, 0.6) is 0 Å². The molecule has 1 amide bonds. The minimum atomic E-state index is -0.832. The van der Waals surface area contributed by atoms with Gasteiger partial charge in [-0.15, -0.1) is 0 Å². The van der Waals surface area contributed by atoms with E-state index >= 15 is 0 Å². The molecule has 2 rings (SSSR count). The molecule has 5 heteroatoms. The van der Waals surface area contributed by atoms with Crippen LogP contribution in [0.2, 0.25) is 5.02 Å². The van der Waals surface area contributed by atoms with Crippen molar-refractivity contribution in [3.05, 3.63) is 70.2 Å². The van der Waals surface area contributed by atoms with Gasteiger partial charge in [0.25, 0.3) is 5.91 Å². The second-order valence-corrected chi connectivity index (χ2v) is 5.27. The topological polar surface area (TPSA) is 66.4 Å². The lowest BCUT2D eigenvalue weighted by Crippen LogP contribution is -2.22. The third-order valence-electron chi connectivity index (χ3n) is 3.24. The third kappa shape index (κ3) is 4.60. The summed E-state index contributed by atoms with van der Waals surface area (Å²) in [7, 11) is 0. The van der Waals surface area contributed by atoms with Gasteiger partial charge < -0.3 is 10.4 Å². The third-order valence-corrected chi connectivity index (χ3v) is 3.61. The van der Waals surface area contributed by atoms with Gasteiger partial charge in [-0.25, -0.2) is 0 Å². The molecule has 0 aromatic heterocycles. The van der Waals surface area contributed by atoms with Crippen molar-refractivity contribution in [2.75, 3.05) is 0 Å². The molecular formula is C17H16ClNO3. The van der Waals surface area contributed by atoms with E-state index in [1.54, 1.807) is 30.3 Å². The summed E-state index contributed by atoms with van der Waals surface area (Å²) < 4.78 is 0. The van der Waals surface area contributed by atoms with Gasteiger partial charge in [-0.2, -0.15) is 0 Å². The molecule has 114 valence electrons. The van der Waals surface area contributed by atoms with Crippen molar-refractivity contribution >= 4 is 23.5 Å². The molecule has 0 radical (unpaired) electrons. The monoisotopic (exact) mass is 317 g/mol. The van der Waals surface area contributed by atoms with Crippen molar-refractivity contribution in [2.45, 2.75) is 19.4 Å². The van der Waals surface area contributed by atoms with Crippen molar-refractivity contribution in [1.82, 2.24) is 5.32 Å². The molecule has 0 aliphatic rings. The molecule has 22 heavy (non-hydrogen) atoms. The van der Waals surface area contributed by atoms with Gasteiger partial charge in [-0.3, -0.25) is 9.59 Å². The fourth-order valence-corrected chi connectivity index (χ4v) is 2.20. The smallest absolute Gasteiger partial charge is 0.303 e. The molecule has 0 fully saturated rings. The van der Waals surface area contributed by atoms with Crippen molar-refractivity contribution in [2.24, 2.45) is 0 Å². The number of carboxylic acid groups (broad SMARTS) is 1. The molecule has 2 aromatic rings. The van der Waals surface area contributed by atoms with Crippen molar-refractivity contribution in [1.29, 1.82) is 0 Å². The fraction of sp³-hybridized carbons (Fsp3) is 0.176. The number of rotatable bonds is 6. The SMILES string of the molecule is O=C(O)CCc1ccc(C(=O)NCc2ccccc2Cl)cc1. The van der Waals surface area contributed by atoms with E-state index < -0.39 is 5.97 Å². The molecule has 0 spiro atoms. The van der Waals surface area contributed by atoms with Gasteiger partial charge in [0, 0.05) is 23.6 Å². The molecule has 0 heterocycles. The summed E-state index contributed by atoms with van der Waals surface area (Å²) in [6.07, 6.45) is 0.537. The zero-order valence-corrected chi connectivity index (χ0v) is 12.6. The molecule has 4 nitrogen and oxygen atoms in total. The van der Waals surface area contributed by atoms with Crippen LogP contribution in [0.15, 0.2) is 48.5 Å². The summed E-state index contributed by atoms with van der Waals surface area (Å²) >= 11 is 6.04. The minimum absolute atomic E-state index is 0.0814. The number of amides is 1. The Labute approximate surface area is 133 Å². The van der Waals surface area contributed by atoms with E-state index in [0.717, 1.165) is 11.1 Å². The zero-order chi connectivity index (χ0) is 15.9. The van der Waals surface area contributed by atoms with E-state index in [9.17, 15) is 9.59 Å². The van der Waals surface area contributed by atoms with Crippen LogP contribution in [0.25, 0.3) is 0 Å². The summed E-state index contributed by atoms with van der Waals surface area (Å²) in [5.41, 5.74) is 2.28. The Kier molecular flexibility index (Phi) is 5.55. The average Bonchev–Trinajstić information content (AvgIpc) is 2.52. The van der Waals surface area contributed by atoms with Gasteiger partial charge in [0.05, 0.1) is 0 Å². The normalized spacial score (nSPS) is 10.2. The Morgan fingerprint density at radius 1 is 1.05 bits per heavy atom. The number of aliphatic carboxylic acids is 1. The van der Waals surface area contributed by atoms with Crippen molar-refractivity contribution in [3.63, 3.8) is 0 Å². The first-order chi connectivity index (χ1) is 10.6. The number of benzene rings is 2. The van der Waals surface area contributed by atoms with Crippen LogP contribution in [0.4, 0.5) is 0 Å². The molecule has 0 unspecified atom stereocenters. The lowest BCUT2D eigenvalue weighted by molar-refractivity contribution is -0.136. The van der Waals surface area contributed by atoms with Crippen LogP contribution in [-0.2, 0) is 17.8 Å². The first-order valence-electron chi connectivity index (χ1n) is 6.88. The fourth-order valence-electron chi connectivity index (χ4n) is 1.99. The Morgan fingerprint density at radius 2 is 1.73 bits per heavy atom. The minimum Gasteiger partial charge on any atom is -0.481 e. The molecule has 0 aliphatic heterocycles. The molecular weight excluding hydrogens is 302 g/mol. The number of carbonyl (C=O) groups is 2. The first kappa shape index (κ1) is 16.0. The van der Waals surface area contributed by atoms with Crippen LogP contribution >= 0.6 is 11.6 Å². The number of hydrogen-bond acceptors (Lipinski definition) is 2. The summed E-state index contributed by atoms with van der Waals surface area (Å²) in [6, 6.07) is 14.3. The molecule has 0 saturated carbocycles. The highest BCUT2D eigenvalue weighted by Crippen LogP contribution is 2.14. The van der Waals surface area contributed by atoms with Gasteiger partial charge in [0.15, 0.2) is 0 Å². The lowest BCUT2D eigenvalue weighted by Gasteiger charge is -2.07. The Morgan fingerprint density at radius 3 is 2.36 bits per heavy atom. The van der Waals surface area contributed by atoms with Crippen LogP contribution in [0.3, 0.4) is 0 Å². The summed E-state index contributed by atoms with van der Waals surface area (Å²) in [5, 5.41) is 12.1. The predicted octanol–water partition coefficient (Wildman–Crippen LogP) is 3.29. The van der Waals surface area contributed by atoms with E-state index in [-0.39, 0.29) is 12.3 Å². The van der Waals surface area contributed by atoms with Gasteiger partial charge in [-0.1, -0.05) is 41.9 Å². The number of carbonyl (C=O) groups excluding carboxylic acids is 1. The Bertz CT molecular complexity index is 668. The summed E-state index contributed by atoms with van der Waals surface area (Å²) in [6.45, 7) is 0.360. The maximum Gasteiger partial charge on any atom is 0.303 e. The molecule has 2 N–H and O–H groups in total. The number of halogens is 1. The standard InChI is InChI=1S/C17H16ClNO3/c18-15-4-2-1-3-14(15)11-19-17(22)13-8-5-12(6-9-13)7-10-16(20)21/h1-6,8-9H,7,10-11H2,(H,19,22)(H,20,21). The van der Waals surface area contributed by atoms with E-state index in [1.165, 1.54) is 0 Å². The van der Waals surface area contributed by atoms with E-state index in [0.29, 0.717) is 23.6 Å². The second kappa shape index (κ2) is 7.61. The summed E-state index contributed by atoms with van der Waals surface area (Å²) in [4.78, 5) is 22.6. The molecule has 0 saturated heterocycles. The number of carboxylic acids is 1. The number of nitrogens with one attached hydrogen (secondary N) is 1. The largest absolute Gasteiger partial charge is 0.481 e. The lowest BCUT2D eigenvalue weighted by atomic mass is 10.1. The van der Waals surface area contributed by atoms with Crippen LogP contribution in [0.1, 0.15) is 27.9 Å². The van der Waals surface area contributed by atoms with Gasteiger partial charge >= 0.3 is 5.97 Å². The number of aryl methyl sites for hydroxylation is 1. The Hall–Kier alpha value is -2.33. The van der Waals surface area contributed by atoms with Gasteiger partial charge in [0.2, 0.25) is 0 Å². The van der Waals surface area contributed by atoms with E-state index in [2.05, 4.69) is 5.32 Å². The van der Waals surface area contributed by atoms with E-state index in [1.807, 2.05) is 18.2 Å². The maximum absolute atomic E-state index is 12.1. The predicted molar refractivity (Wildman–Crippen MR) is 85.0 cm³/mol. The van der Waals surface area contributed by atoms with Gasteiger partial charge in [0.1, 0.15) is 0 Å². The zero-order valence-electron chi connectivity index (χ0n) is 11.9. The highest BCUT2D eigenvalue weighted by molar-refractivity contribution is 6.31. The molecule has 2 aromatic carbocycles. The maximum atomic E-state index is 12.1. The highest BCUT2D eigenvalue weighted by atomic mass is 35.5. The first-order valence-corrected chi connectivity index (χ1v) is 7.26.